The second kappa shape index (κ2) is 14.5. The van der Waals surface area contributed by atoms with E-state index in [1.165, 1.54) is 83.6 Å². The normalized spacial score (nSPS) is 12.7. The fourth-order valence-electron chi connectivity index (χ4n) is 10.0. The Bertz CT molecular complexity index is 2890. The van der Waals surface area contributed by atoms with Crippen LogP contribution in [-0.4, -0.2) is 6.71 Å². The van der Waals surface area contributed by atoms with Gasteiger partial charge in [-0.1, -0.05) is 187 Å². The third-order valence-corrected chi connectivity index (χ3v) is 12.7. The number of hydrogen-bond acceptors (Lipinski definition) is 2. The monoisotopic (exact) mass is 766 g/mol. The Morgan fingerprint density at radius 1 is 0.333 bits per heavy atom. The van der Waals surface area contributed by atoms with Crippen LogP contribution in [0.15, 0.2) is 224 Å². The number of aryl methyl sites for hydroxylation is 2. The van der Waals surface area contributed by atoms with Gasteiger partial charge in [-0.2, -0.15) is 0 Å². The van der Waals surface area contributed by atoms with Crippen LogP contribution in [0.2, 0.25) is 0 Å². The minimum Gasteiger partial charge on any atom is -0.311 e. The number of benzene rings is 9. The number of rotatable bonds is 7. The van der Waals surface area contributed by atoms with Gasteiger partial charge in [-0.05, 0) is 112 Å². The van der Waals surface area contributed by atoms with Crippen LogP contribution < -0.4 is 26.2 Å². The molecule has 3 heteroatoms. The van der Waals surface area contributed by atoms with Gasteiger partial charge < -0.3 is 9.80 Å². The Labute approximate surface area is 353 Å². The van der Waals surface area contributed by atoms with Crippen molar-refractivity contribution in [1.29, 1.82) is 0 Å². The number of para-hydroxylation sites is 1. The Morgan fingerprint density at radius 3 is 1.32 bits per heavy atom. The molecule has 2 nitrogen and oxygen atoms in total. The van der Waals surface area contributed by atoms with Gasteiger partial charge >= 0.3 is 0 Å². The summed E-state index contributed by atoms with van der Waals surface area (Å²) in [6, 6.07) is 83.1. The lowest BCUT2D eigenvalue weighted by molar-refractivity contribution is 0.745. The molecule has 11 rings (SSSR count). The zero-order valence-electron chi connectivity index (χ0n) is 33.8. The van der Waals surface area contributed by atoms with Crippen LogP contribution in [0.1, 0.15) is 33.4 Å². The van der Waals surface area contributed by atoms with Crippen molar-refractivity contribution >= 4 is 57.2 Å². The van der Waals surface area contributed by atoms with Gasteiger partial charge in [0.2, 0.25) is 0 Å². The Balaban J connectivity index is 1.17. The molecule has 0 atom stereocenters. The largest absolute Gasteiger partial charge is 0.311 e. The molecule has 0 spiro atoms. The highest BCUT2D eigenvalue weighted by Crippen LogP contribution is 2.48. The van der Waals surface area contributed by atoms with Crippen molar-refractivity contribution in [2.75, 3.05) is 9.80 Å². The maximum absolute atomic E-state index is 2.52. The van der Waals surface area contributed by atoms with Crippen molar-refractivity contribution in [3.63, 3.8) is 0 Å². The van der Waals surface area contributed by atoms with Crippen LogP contribution in [0.4, 0.5) is 34.1 Å². The molecule has 0 saturated heterocycles. The van der Waals surface area contributed by atoms with E-state index in [9.17, 15) is 0 Å². The zero-order valence-corrected chi connectivity index (χ0v) is 33.8. The SMILES string of the molecule is Cc1ccc(N2c3ccc(C)cc3B3c4ccccc4N(c4ccc(C(c5ccccc5)(c5ccccc5)c5ccccc5)cc4)c4cc(-c5ccccc5)cc2c43)cc1. The summed E-state index contributed by atoms with van der Waals surface area (Å²) >= 11 is 0. The highest BCUT2D eigenvalue weighted by atomic mass is 15.2. The summed E-state index contributed by atoms with van der Waals surface area (Å²) in [5.41, 5.74) is 20.4. The molecule has 9 aromatic rings. The van der Waals surface area contributed by atoms with Gasteiger partial charge in [-0.15, -0.1) is 0 Å². The first-order valence-electron chi connectivity index (χ1n) is 21.0. The van der Waals surface area contributed by atoms with Gasteiger partial charge in [0.25, 0.3) is 6.71 Å². The molecule has 0 saturated carbocycles. The van der Waals surface area contributed by atoms with Crippen LogP contribution >= 0.6 is 0 Å². The van der Waals surface area contributed by atoms with Gasteiger partial charge in [-0.3, -0.25) is 0 Å². The molecule has 0 fully saturated rings. The molecule has 0 N–H and O–H groups in total. The number of nitrogens with zero attached hydrogens (tertiary/aromatic N) is 2. The van der Waals surface area contributed by atoms with Crippen molar-refractivity contribution in [2.24, 2.45) is 0 Å². The van der Waals surface area contributed by atoms with Crippen molar-refractivity contribution in [2.45, 2.75) is 19.3 Å². The van der Waals surface area contributed by atoms with Crippen molar-refractivity contribution in [3.05, 3.63) is 258 Å². The summed E-state index contributed by atoms with van der Waals surface area (Å²) in [7, 11) is 0. The molecule has 2 heterocycles. The van der Waals surface area contributed by atoms with Crippen LogP contribution in [0.5, 0.6) is 0 Å². The molecular weight excluding hydrogens is 723 g/mol. The summed E-state index contributed by atoms with van der Waals surface area (Å²) in [4.78, 5) is 5.02. The van der Waals surface area contributed by atoms with Crippen LogP contribution in [0.3, 0.4) is 0 Å². The Kier molecular flexibility index (Phi) is 8.64. The Hall–Kier alpha value is -7.36. The Morgan fingerprint density at radius 2 is 0.767 bits per heavy atom. The highest BCUT2D eigenvalue weighted by molar-refractivity contribution is 7.00. The first-order chi connectivity index (χ1) is 29.6. The minimum absolute atomic E-state index is 0.0602. The molecule has 0 amide bonds. The molecule has 2 aliphatic heterocycles. The van der Waals surface area contributed by atoms with E-state index in [0.29, 0.717) is 0 Å². The standard InChI is InChI=1S/C57H43BN2/c1-40-27-32-48(33-28-40)60-53-36-29-41(2)37-51(53)58-50-25-15-16-26-52(50)59(54-38-43(39-55(60)56(54)58)42-17-7-3-8-18-42)49-34-30-47(31-35-49)57(44-19-9-4-10-20-44,45-21-11-5-12-22-45)46-23-13-6-14-24-46/h3-39H,1-2H3. The van der Waals surface area contributed by atoms with Gasteiger partial charge in [0, 0.05) is 34.1 Å². The molecule has 284 valence electrons. The van der Waals surface area contributed by atoms with E-state index in [1.54, 1.807) is 0 Å². The van der Waals surface area contributed by atoms with Crippen LogP contribution in [0.25, 0.3) is 11.1 Å². The third kappa shape index (κ3) is 5.65. The van der Waals surface area contributed by atoms with E-state index < -0.39 is 5.41 Å². The van der Waals surface area contributed by atoms with Gasteiger partial charge in [0.15, 0.2) is 0 Å². The first-order valence-corrected chi connectivity index (χ1v) is 21.0. The summed E-state index contributed by atoms with van der Waals surface area (Å²) in [5.74, 6) is 0. The van der Waals surface area contributed by atoms with E-state index in [0.717, 1.165) is 11.4 Å². The van der Waals surface area contributed by atoms with Crippen molar-refractivity contribution in [3.8, 4) is 11.1 Å². The fraction of sp³-hybridized carbons (Fsp3) is 0.0526. The van der Waals surface area contributed by atoms with E-state index in [4.69, 9.17) is 0 Å². The van der Waals surface area contributed by atoms with Gasteiger partial charge in [0.05, 0.1) is 5.41 Å². The van der Waals surface area contributed by atoms with E-state index in [1.807, 2.05) is 0 Å². The predicted octanol–water partition coefficient (Wildman–Crippen LogP) is 12.4. The lowest BCUT2D eigenvalue weighted by Crippen LogP contribution is -2.61. The molecule has 9 aromatic carbocycles. The predicted molar refractivity (Wildman–Crippen MR) is 254 cm³/mol. The lowest BCUT2D eigenvalue weighted by Gasteiger charge is -2.44. The highest BCUT2D eigenvalue weighted by Gasteiger charge is 2.44. The zero-order chi connectivity index (χ0) is 40.2. The molecule has 0 bridgehead atoms. The van der Waals surface area contributed by atoms with Gasteiger partial charge in [-0.25, -0.2) is 0 Å². The topological polar surface area (TPSA) is 6.48 Å². The van der Waals surface area contributed by atoms with Crippen LogP contribution in [0, 0.1) is 13.8 Å². The maximum Gasteiger partial charge on any atom is 0.252 e. The molecule has 0 radical (unpaired) electrons. The quantitative estimate of drug-likeness (QED) is 0.118. The molecular formula is C57H43BN2. The maximum atomic E-state index is 2.52. The summed E-state index contributed by atoms with van der Waals surface area (Å²) in [6.45, 7) is 4.44. The number of anilines is 6. The molecule has 0 aliphatic carbocycles. The third-order valence-electron chi connectivity index (χ3n) is 12.7. The summed E-state index contributed by atoms with van der Waals surface area (Å²) < 4.78 is 0. The smallest absolute Gasteiger partial charge is 0.252 e. The molecule has 2 aliphatic rings. The van der Waals surface area contributed by atoms with Crippen molar-refractivity contribution < 1.29 is 0 Å². The first kappa shape index (κ1) is 35.8. The van der Waals surface area contributed by atoms with Gasteiger partial charge in [0.1, 0.15) is 0 Å². The average molecular weight is 767 g/mol. The average Bonchev–Trinajstić information content (AvgIpc) is 3.31. The van der Waals surface area contributed by atoms with E-state index in [2.05, 4.69) is 248 Å². The second-order valence-electron chi connectivity index (χ2n) is 16.2. The molecule has 0 unspecified atom stereocenters. The number of fused-ring (bicyclic) bond motifs is 4. The van der Waals surface area contributed by atoms with E-state index in [-0.39, 0.29) is 6.71 Å². The second-order valence-corrected chi connectivity index (χ2v) is 16.2. The summed E-state index contributed by atoms with van der Waals surface area (Å²) in [5, 5.41) is 0. The van der Waals surface area contributed by atoms with E-state index >= 15 is 0 Å². The van der Waals surface area contributed by atoms with Crippen molar-refractivity contribution in [1.82, 2.24) is 0 Å². The fourth-order valence-corrected chi connectivity index (χ4v) is 10.0. The summed E-state index contributed by atoms with van der Waals surface area (Å²) in [6.07, 6.45) is 0. The molecule has 60 heavy (non-hydrogen) atoms. The molecule has 0 aromatic heterocycles. The van der Waals surface area contributed by atoms with Crippen LogP contribution in [-0.2, 0) is 5.41 Å². The lowest BCUT2D eigenvalue weighted by atomic mass is 9.33. The number of hydrogen-bond donors (Lipinski definition) is 0. The minimum atomic E-state index is -0.532.